The van der Waals surface area contributed by atoms with Crippen molar-refractivity contribution in [2.24, 2.45) is 0 Å². The maximum absolute atomic E-state index is 10.2. The summed E-state index contributed by atoms with van der Waals surface area (Å²) in [5, 5.41) is 8.14. The van der Waals surface area contributed by atoms with Crippen LogP contribution < -0.4 is 0 Å². The Hall–Kier alpha value is -0.420. The van der Waals surface area contributed by atoms with Gasteiger partial charge in [-0.25, -0.2) is 0 Å². The highest BCUT2D eigenvalue weighted by Crippen LogP contribution is 2.33. The smallest absolute Gasteiger partial charge is 0.327 e. The van der Waals surface area contributed by atoms with E-state index in [1.807, 2.05) is 0 Å². The summed E-state index contributed by atoms with van der Waals surface area (Å²) in [5.74, 6) is -0.994. The van der Waals surface area contributed by atoms with Gasteiger partial charge in [-0.05, 0) is 0 Å². The second-order valence-electron chi connectivity index (χ2n) is 2.14. The van der Waals surface area contributed by atoms with Gasteiger partial charge in [-0.3, -0.25) is 9.36 Å². The molecular formula is C5H11O6P. The summed E-state index contributed by atoms with van der Waals surface area (Å²) >= 11 is 0. The Labute approximate surface area is 69.3 Å². The van der Waals surface area contributed by atoms with Crippen LogP contribution >= 0.6 is 7.60 Å². The average molecular weight is 198 g/mol. The summed E-state index contributed by atoms with van der Waals surface area (Å²) in [5.41, 5.74) is 0. The molecular weight excluding hydrogens is 187 g/mol. The minimum Gasteiger partial charge on any atom is -0.481 e. The lowest BCUT2D eigenvalue weighted by molar-refractivity contribution is -0.138. The van der Waals surface area contributed by atoms with Crippen LogP contribution in [0.1, 0.15) is 6.42 Å². The maximum Gasteiger partial charge on any atom is 0.327 e. The van der Waals surface area contributed by atoms with Gasteiger partial charge < -0.3 is 19.6 Å². The van der Waals surface area contributed by atoms with Crippen molar-refractivity contribution < 1.29 is 29.0 Å². The fraction of sp³-hybridized carbons (Fsp3) is 0.800. The Kier molecular flexibility index (Phi) is 5.08. The molecule has 0 aromatic rings. The normalized spacial score (nSPS) is 11.5. The summed E-state index contributed by atoms with van der Waals surface area (Å²) in [6, 6.07) is 0. The number of hydrogen-bond acceptors (Lipinski definition) is 3. The van der Waals surface area contributed by atoms with E-state index in [0.717, 1.165) is 0 Å². The number of hydrogen-bond donors (Lipinski definition) is 3. The van der Waals surface area contributed by atoms with E-state index in [2.05, 4.69) is 4.74 Å². The Bertz CT molecular complexity index is 184. The van der Waals surface area contributed by atoms with E-state index in [1.54, 1.807) is 0 Å². The molecule has 72 valence electrons. The van der Waals surface area contributed by atoms with E-state index in [9.17, 15) is 9.36 Å². The van der Waals surface area contributed by atoms with E-state index < -0.39 is 13.6 Å². The van der Waals surface area contributed by atoms with Crippen LogP contribution in [0.25, 0.3) is 0 Å². The van der Waals surface area contributed by atoms with E-state index in [1.165, 1.54) is 0 Å². The quantitative estimate of drug-likeness (QED) is 0.398. The topological polar surface area (TPSA) is 104 Å². The predicted octanol–water partition coefficient (Wildman–Crippen LogP) is -0.345. The second-order valence-corrected chi connectivity index (χ2v) is 3.92. The average Bonchev–Trinajstić information content (AvgIpc) is 1.83. The fourth-order valence-corrected chi connectivity index (χ4v) is 0.812. The largest absolute Gasteiger partial charge is 0.481 e. The molecule has 0 aliphatic rings. The summed E-state index contributed by atoms with van der Waals surface area (Å²) in [7, 11) is -4.00. The standard InChI is InChI=1S/C5H11O6P/c6-5(7)1-2-11-3-4-12(8,9)10/h1-4H2,(H,6,7)(H2,8,9,10). The second kappa shape index (κ2) is 5.27. The van der Waals surface area contributed by atoms with Gasteiger partial charge in [0.1, 0.15) is 0 Å². The van der Waals surface area contributed by atoms with Crippen LogP contribution in [0.3, 0.4) is 0 Å². The van der Waals surface area contributed by atoms with Gasteiger partial charge >= 0.3 is 13.6 Å². The highest BCUT2D eigenvalue weighted by molar-refractivity contribution is 7.51. The Balaban J connectivity index is 3.23. The van der Waals surface area contributed by atoms with Crippen molar-refractivity contribution in [2.75, 3.05) is 19.4 Å². The molecule has 0 saturated carbocycles. The van der Waals surface area contributed by atoms with Gasteiger partial charge in [0.25, 0.3) is 0 Å². The third kappa shape index (κ3) is 9.58. The molecule has 0 aromatic carbocycles. The summed E-state index contributed by atoms with van der Waals surface area (Å²) in [4.78, 5) is 26.6. The lowest BCUT2D eigenvalue weighted by atomic mass is 10.5. The van der Waals surface area contributed by atoms with Crippen molar-refractivity contribution in [3.8, 4) is 0 Å². The van der Waals surface area contributed by atoms with Crippen molar-refractivity contribution in [3.05, 3.63) is 0 Å². The van der Waals surface area contributed by atoms with E-state index in [-0.39, 0.29) is 25.8 Å². The van der Waals surface area contributed by atoms with E-state index >= 15 is 0 Å². The molecule has 12 heavy (non-hydrogen) atoms. The molecule has 6 nitrogen and oxygen atoms in total. The van der Waals surface area contributed by atoms with Gasteiger partial charge in [-0.15, -0.1) is 0 Å². The summed E-state index contributed by atoms with van der Waals surface area (Å²) in [6.45, 7) is -0.132. The molecule has 0 saturated heterocycles. The molecule has 0 fully saturated rings. The number of carbonyl (C=O) groups is 1. The minimum atomic E-state index is -4.00. The Morgan fingerprint density at radius 3 is 2.33 bits per heavy atom. The molecule has 0 aliphatic carbocycles. The zero-order valence-electron chi connectivity index (χ0n) is 6.34. The van der Waals surface area contributed by atoms with Crippen molar-refractivity contribution in [1.82, 2.24) is 0 Å². The number of rotatable bonds is 6. The molecule has 0 aromatic heterocycles. The first-order chi connectivity index (χ1) is 5.42. The van der Waals surface area contributed by atoms with Crippen LogP contribution in [0, 0.1) is 0 Å². The monoisotopic (exact) mass is 198 g/mol. The minimum absolute atomic E-state index is 0.0185. The van der Waals surface area contributed by atoms with Crippen LogP contribution in [-0.2, 0) is 14.1 Å². The molecule has 7 heteroatoms. The van der Waals surface area contributed by atoms with Gasteiger partial charge in [0.2, 0.25) is 0 Å². The molecule has 0 unspecified atom stereocenters. The van der Waals surface area contributed by atoms with E-state index in [4.69, 9.17) is 14.9 Å². The summed E-state index contributed by atoms with van der Waals surface area (Å²) < 4.78 is 14.9. The van der Waals surface area contributed by atoms with Crippen LogP contribution in [0.4, 0.5) is 0 Å². The SMILES string of the molecule is O=C(O)CCOCCP(=O)(O)O. The molecule has 3 N–H and O–H groups in total. The van der Waals surface area contributed by atoms with Crippen molar-refractivity contribution in [3.63, 3.8) is 0 Å². The predicted molar refractivity (Wildman–Crippen MR) is 40.0 cm³/mol. The third-order valence-corrected chi connectivity index (χ3v) is 1.75. The molecule has 0 spiro atoms. The fourth-order valence-electron chi connectivity index (χ4n) is 0.445. The molecule has 0 bridgehead atoms. The molecule has 0 aliphatic heterocycles. The number of aliphatic carboxylic acids is 1. The number of carboxylic acid groups (broad SMARTS) is 1. The molecule has 0 radical (unpaired) electrons. The lowest BCUT2D eigenvalue weighted by Crippen LogP contribution is -2.06. The third-order valence-electron chi connectivity index (χ3n) is 0.987. The van der Waals surface area contributed by atoms with Crippen molar-refractivity contribution in [1.29, 1.82) is 0 Å². The molecule has 0 atom stereocenters. The van der Waals surface area contributed by atoms with Crippen molar-refractivity contribution in [2.45, 2.75) is 6.42 Å². The first-order valence-corrected chi connectivity index (χ1v) is 5.06. The van der Waals surface area contributed by atoms with Crippen LogP contribution in [0.15, 0.2) is 0 Å². The number of ether oxygens (including phenoxy) is 1. The van der Waals surface area contributed by atoms with Gasteiger partial charge in [-0.1, -0.05) is 0 Å². The van der Waals surface area contributed by atoms with Crippen LogP contribution in [-0.4, -0.2) is 40.2 Å². The first kappa shape index (κ1) is 11.6. The molecule has 0 rings (SSSR count). The molecule has 0 amide bonds. The Morgan fingerprint density at radius 1 is 1.33 bits per heavy atom. The molecule has 0 heterocycles. The van der Waals surface area contributed by atoms with Crippen LogP contribution in [0.5, 0.6) is 0 Å². The zero-order valence-corrected chi connectivity index (χ0v) is 7.24. The Morgan fingerprint density at radius 2 is 1.92 bits per heavy atom. The van der Waals surface area contributed by atoms with Gasteiger partial charge in [0, 0.05) is 0 Å². The van der Waals surface area contributed by atoms with Crippen molar-refractivity contribution >= 4 is 13.6 Å². The van der Waals surface area contributed by atoms with Gasteiger partial charge in [-0.2, -0.15) is 0 Å². The summed E-state index contributed by atoms with van der Waals surface area (Å²) in [6.07, 6.45) is -0.520. The van der Waals surface area contributed by atoms with Gasteiger partial charge in [0.05, 0.1) is 25.8 Å². The maximum atomic E-state index is 10.2. The van der Waals surface area contributed by atoms with Crippen LogP contribution in [0.2, 0.25) is 0 Å². The highest BCUT2D eigenvalue weighted by Gasteiger charge is 2.11. The first-order valence-electron chi connectivity index (χ1n) is 3.26. The number of carboxylic acids is 1. The highest BCUT2D eigenvalue weighted by atomic mass is 31.2. The van der Waals surface area contributed by atoms with Gasteiger partial charge in [0.15, 0.2) is 0 Å². The van der Waals surface area contributed by atoms with E-state index in [0.29, 0.717) is 0 Å². The zero-order chi connectivity index (χ0) is 9.61. The lowest BCUT2D eigenvalue weighted by Gasteiger charge is -2.03.